The van der Waals surface area contributed by atoms with E-state index in [1.54, 1.807) is 0 Å². The number of aromatic nitrogens is 3. The minimum Gasteiger partial charge on any atom is -0.480 e. The minimum atomic E-state index is -1.07. The summed E-state index contributed by atoms with van der Waals surface area (Å²) in [6, 6.07) is 16.5. The molecule has 6 atom stereocenters. The number of nitrogens with zero attached hydrogens (tertiary/aromatic N) is 5. The fraction of sp³-hybridized carbons (Fsp3) is 0.525. The third kappa shape index (κ3) is 13.3. The number of carboxylic acids is 4. The predicted octanol–water partition coefficient (Wildman–Crippen LogP) is 3.76. The highest BCUT2D eigenvalue weighted by atomic mass is 35.5. The van der Waals surface area contributed by atoms with Crippen molar-refractivity contribution in [3.05, 3.63) is 64.7 Å². The van der Waals surface area contributed by atoms with Crippen molar-refractivity contribution in [2.45, 2.75) is 93.5 Å². The third-order valence-electron chi connectivity index (χ3n) is 11.3. The molecule has 0 saturated carbocycles. The van der Waals surface area contributed by atoms with E-state index in [4.69, 9.17) is 23.2 Å². The van der Waals surface area contributed by atoms with Crippen LogP contribution in [0.2, 0.25) is 10.6 Å². The summed E-state index contributed by atoms with van der Waals surface area (Å²) in [5, 5.41) is 52.3. The van der Waals surface area contributed by atoms with Gasteiger partial charge < -0.3 is 41.7 Å². The highest BCUT2D eigenvalue weighted by Gasteiger charge is 2.40. The van der Waals surface area contributed by atoms with Crippen molar-refractivity contribution in [1.29, 1.82) is 0 Å². The zero-order valence-corrected chi connectivity index (χ0v) is 34.0. The van der Waals surface area contributed by atoms with Crippen molar-refractivity contribution in [3.63, 3.8) is 0 Å². The number of benzene rings is 2. The van der Waals surface area contributed by atoms with E-state index in [2.05, 4.69) is 60.5 Å². The van der Waals surface area contributed by atoms with Crippen LogP contribution in [0.1, 0.15) is 62.8 Å². The molecule has 3 aliphatic heterocycles. The Morgan fingerprint density at radius 1 is 0.593 bits per heavy atom. The van der Waals surface area contributed by atoms with Crippen LogP contribution in [0.4, 0.5) is 11.6 Å². The molecule has 6 rings (SSSR count). The maximum absolute atomic E-state index is 11.5. The molecule has 0 spiro atoms. The van der Waals surface area contributed by atoms with Crippen LogP contribution in [-0.4, -0.2) is 145 Å². The van der Waals surface area contributed by atoms with Crippen molar-refractivity contribution < 1.29 is 39.6 Å². The van der Waals surface area contributed by atoms with E-state index in [-0.39, 0.29) is 84.9 Å². The van der Waals surface area contributed by atoms with Gasteiger partial charge in [0.2, 0.25) is 16.5 Å². The molecule has 3 aromatic rings. The van der Waals surface area contributed by atoms with Gasteiger partial charge in [-0.25, -0.2) is 0 Å². The Balaban J connectivity index is 1.18. The fourth-order valence-corrected chi connectivity index (χ4v) is 9.31. The van der Waals surface area contributed by atoms with Gasteiger partial charge in [0.05, 0.1) is 26.2 Å². The average Bonchev–Trinajstić information content (AvgIpc) is 3.17. The van der Waals surface area contributed by atoms with Crippen molar-refractivity contribution in [2.24, 2.45) is 0 Å². The second kappa shape index (κ2) is 20.7. The summed E-state index contributed by atoms with van der Waals surface area (Å²) in [5.41, 5.74) is 4.02. The van der Waals surface area contributed by atoms with Crippen LogP contribution < -0.4 is 21.3 Å². The highest BCUT2D eigenvalue weighted by molar-refractivity contribution is 6.31. The quantitative estimate of drug-likeness (QED) is 0.0908. The van der Waals surface area contributed by atoms with Crippen LogP contribution >= 0.6 is 23.2 Å². The van der Waals surface area contributed by atoms with Gasteiger partial charge in [0.25, 0.3) is 0 Å². The maximum Gasteiger partial charge on any atom is 0.317 e. The van der Waals surface area contributed by atoms with Crippen LogP contribution in [-0.2, 0) is 19.2 Å². The summed E-state index contributed by atoms with van der Waals surface area (Å²) in [6.07, 6.45) is 6.94. The number of carbonyl (C=O) groups is 4. The van der Waals surface area contributed by atoms with E-state index in [9.17, 15) is 39.6 Å². The molecule has 0 radical (unpaired) electrons. The van der Waals surface area contributed by atoms with Crippen LogP contribution in [0.15, 0.2) is 48.5 Å². The lowest BCUT2D eigenvalue weighted by Crippen LogP contribution is -2.64. The van der Waals surface area contributed by atoms with Crippen LogP contribution in [0.3, 0.4) is 0 Å². The molecule has 3 fully saturated rings. The molecule has 3 aliphatic rings. The first-order chi connectivity index (χ1) is 28.3. The van der Waals surface area contributed by atoms with Crippen LogP contribution in [0.25, 0.3) is 11.1 Å². The van der Waals surface area contributed by atoms with Crippen molar-refractivity contribution in [3.8, 4) is 11.1 Å². The number of carboxylic acid groups (broad SMARTS) is 4. The number of aliphatic carboxylic acids is 4. The number of piperidine rings is 3. The third-order valence-corrected chi connectivity index (χ3v) is 11.7. The van der Waals surface area contributed by atoms with E-state index < -0.39 is 23.9 Å². The first-order valence-corrected chi connectivity index (χ1v) is 20.7. The summed E-state index contributed by atoms with van der Waals surface area (Å²) in [5.74, 6) is -3.85. The number of nitrogens with one attached hydrogen (secondary N) is 4. The molecule has 2 aromatic carbocycles. The Morgan fingerprint density at radius 2 is 1.02 bits per heavy atom. The van der Waals surface area contributed by atoms with Crippen molar-refractivity contribution in [1.82, 2.24) is 40.7 Å². The topological polar surface area (TPSA) is 242 Å². The first kappa shape index (κ1) is 44.1. The molecule has 3 saturated heterocycles. The van der Waals surface area contributed by atoms with E-state index >= 15 is 0 Å². The van der Waals surface area contributed by atoms with Crippen LogP contribution in [0.5, 0.6) is 0 Å². The average molecular weight is 857 g/mol. The smallest absolute Gasteiger partial charge is 0.317 e. The van der Waals surface area contributed by atoms with E-state index in [1.807, 2.05) is 24.3 Å². The van der Waals surface area contributed by atoms with Gasteiger partial charge in [-0.3, -0.25) is 29.0 Å². The van der Waals surface area contributed by atoms with Gasteiger partial charge >= 0.3 is 23.9 Å². The largest absolute Gasteiger partial charge is 0.480 e. The molecule has 17 nitrogen and oxygen atoms in total. The molecule has 0 bridgehead atoms. The Kier molecular flexibility index (Phi) is 15.4. The molecule has 6 unspecified atom stereocenters. The Bertz CT molecular complexity index is 1810. The summed E-state index contributed by atoms with van der Waals surface area (Å²) >= 11 is 11.8. The second-order valence-corrected chi connectivity index (χ2v) is 16.5. The first-order valence-electron chi connectivity index (χ1n) is 19.9. The molecular formula is C40H51Cl2N9O8. The number of hydrogen-bond donors (Lipinski definition) is 8. The summed E-state index contributed by atoms with van der Waals surface area (Å²) < 4.78 is 0. The summed E-state index contributed by atoms with van der Waals surface area (Å²) in [7, 11) is 0. The molecule has 4 heterocycles. The Labute approximate surface area is 351 Å². The predicted molar refractivity (Wildman–Crippen MR) is 220 cm³/mol. The maximum atomic E-state index is 11.5. The van der Waals surface area contributed by atoms with Gasteiger partial charge in [-0.1, -0.05) is 49.2 Å². The lowest BCUT2D eigenvalue weighted by molar-refractivity contribution is -0.144. The van der Waals surface area contributed by atoms with Crippen LogP contribution in [0, 0.1) is 0 Å². The van der Waals surface area contributed by atoms with Gasteiger partial charge in [0.1, 0.15) is 0 Å². The molecule has 59 heavy (non-hydrogen) atoms. The molecular weight excluding hydrogens is 805 g/mol. The van der Waals surface area contributed by atoms with Gasteiger partial charge in [-0.15, -0.1) is 0 Å². The lowest BCUT2D eigenvalue weighted by atomic mass is 9.76. The Hall–Kier alpha value is -4.49. The monoisotopic (exact) mass is 855 g/mol. The molecule has 19 heteroatoms. The number of anilines is 2. The highest BCUT2D eigenvalue weighted by Crippen LogP contribution is 2.36. The lowest BCUT2D eigenvalue weighted by Gasteiger charge is -2.47. The molecule has 0 amide bonds. The molecule has 8 N–H and O–H groups in total. The summed E-state index contributed by atoms with van der Waals surface area (Å²) in [4.78, 5) is 60.9. The zero-order valence-electron chi connectivity index (χ0n) is 32.5. The van der Waals surface area contributed by atoms with Gasteiger partial charge in [0, 0.05) is 55.0 Å². The zero-order chi connectivity index (χ0) is 42.1. The molecule has 1 aromatic heterocycles. The van der Waals surface area contributed by atoms with Crippen molar-refractivity contribution >= 4 is 58.7 Å². The molecule has 318 valence electrons. The normalized spacial score (nSPS) is 24.8. The number of rotatable bonds is 18. The van der Waals surface area contributed by atoms with E-state index in [0.29, 0.717) is 13.1 Å². The SMILES string of the molecule is O=C(O)CN(CC(=O)O)CC1CCCC(C2CC(c3ccc(-c4ccc(Nc5nc(Cl)nc(Cl)n5)cc4)cc3)CC(C3CCCC(CN(CC(=O)O)CC(=O)O)N3)N2)N1. The van der Waals surface area contributed by atoms with Gasteiger partial charge in [-0.05, 0) is 96.5 Å². The number of halogens is 2. The fourth-order valence-electron chi connectivity index (χ4n) is 8.95. The summed E-state index contributed by atoms with van der Waals surface area (Å²) in [6.45, 7) is -0.796. The van der Waals surface area contributed by atoms with Gasteiger partial charge in [0.15, 0.2) is 0 Å². The Morgan fingerprint density at radius 3 is 1.44 bits per heavy atom. The van der Waals surface area contributed by atoms with Crippen molar-refractivity contribution in [2.75, 3.05) is 44.6 Å². The second-order valence-electron chi connectivity index (χ2n) is 15.8. The minimum absolute atomic E-state index is 0.0106. The molecule has 0 aliphatic carbocycles. The van der Waals surface area contributed by atoms with Gasteiger partial charge in [-0.2, -0.15) is 15.0 Å². The van der Waals surface area contributed by atoms with E-state index in [0.717, 1.165) is 68.2 Å². The number of hydrogen-bond acceptors (Lipinski definition) is 13. The standard InChI is InChI=1S/C40H51Cl2N9O8/c41-38-47-39(42)49-40(48-38)45-27-13-11-24(12-14-27)23-7-9-25(10-8-23)26-15-32(30-5-1-3-28(43-30)17-50(19-34(52)53)20-35(54)55)46-33(16-26)31-6-2-4-29(44-31)18-51(21-36(56)57)22-37(58)59/h7-14,26,28-33,43-44,46H,1-6,15-22H2,(H,52,53)(H,54,55)(H,56,57)(H,58,59)(H,45,47,48,49). The van der Waals surface area contributed by atoms with E-state index in [1.165, 1.54) is 15.4 Å².